The van der Waals surface area contributed by atoms with E-state index in [0.29, 0.717) is 19.4 Å². The molecule has 0 aromatic heterocycles. The molecule has 32 heavy (non-hydrogen) atoms. The first-order valence-electron chi connectivity index (χ1n) is 10.9. The highest BCUT2D eigenvalue weighted by Crippen LogP contribution is 2.39. The summed E-state index contributed by atoms with van der Waals surface area (Å²) in [5.41, 5.74) is 1.17. The van der Waals surface area contributed by atoms with Crippen LogP contribution in [-0.2, 0) is 25.7 Å². The summed E-state index contributed by atoms with van der Waals surface area (Å²) in [7, 11) is 7.15. The van der Waals surface area contributed by atoms with Gasteiger partial charge in [0, 0.05) is 40.4 Å². The molecule has 1 aromatic carbocycles. The van der Waals surface area contributed by atoms with E-state index in [1.165, 1.54) is 9.80 Å². The second-order valence-corrected chi connectivity index (χ2v) is 8.80. The van der Waals surface area contributed by atoms with Gasteiger partial charge in [0.05, 0.1) is 0 Å². The molecule has 0 unspecified atom stereocenters. The van der Waals surface area contributed by atoms with Gasteiger partial charge in [0.2, 0.25) is 0 Å². The molecule has 0 atom stereocenters. The lowest BCUT2D eigenvalue weighted by Crippen LogP contribution is -2.49. The molecule has 9 nitrogen and oxygen atoms in total. The van der Waals surface area contributed by atoms with Crippen molar-refractivity contribution in [1.29, 1.82) is 0 Å². The summed E-state index contributed by atoms with van der Waals surface area (Å²) in [6.45, 7) is -0.546. The molecule has 1 aliphatic heterocycles. The van der Waals surface area contributed by atoms with E-state index in [0.717, 1.165) is 35.4 Å². The van der Waals surface area contributed by atoms with Crippen LogP contribution in [0.1, 0.15) is 37.7 Å². The average Bonchev–Trinajstić information content (AvgIpc) is 2.94. The summed E-state index contributed by atoms with van der Waals surface area (Å²) in [6.07, 6.45) is 4.01. The van der Waals surface area contributed by atoms with E-state index in [1.807, 2.05) is 43.3 Å². The Labute approximate surface area is 188 Å². The van der Waals surface area contributed by atoms with Gasteiger partial charge in [-0.1, -0.05) is 31.4 Å². The minimum absolute atomic E-state index is 0.341. The van der Waals surface area contributed by atoms with Gasteiger partial charge in [0.25, 0.3) is 11.8 Å². The van der Waals surface area contributed by atoms with Crippen LogP contribution in [0.25, 0.3) is 0 Å². The van der Waals surface area contributed by atoms with E-state index in [4.69, 9.17) is 4.74 Å². The Kier molecular flexibility index (Phi) is 7.06. The van der Waals surface area contributed by atoms with Gasteiger partial charge in [-0.15, -0.1) is 0 Å². The number of nitrogens with zero attached hydrogens (tertiary/aromatic N) is 4. The lowest BCUT2D eigenvalue weighted by atomic mass is 9.81. The summed E-state index contributed by atoms with van der Waals surface area (Å²) >= 11 is 0. The predicted molar refractivity (Wildman–Crippen MR) is 119 cm³/mol. The van der Waals surface area contributed by atoms with Crippen molar-refractivity contribution in [2.75, 3.05) is 46.2 Å². The number of ether oxygens (including phenoxy) is 1. The second-order valence-electron chi connectivity index (χ2n) is 8.80. The summed E-state index contributed by atoms with van der Waals surface area (Å²) in [4.78, 5) is 56.0. The third-order valence-corrected chi connectivity index (χ3v) is 6.43. The highest BCUT2D eigenvalue weighted by atomic mass is 16.5. The number of hydrogen-bond acceptors (Lipinski definition) is 6. The van der Waals surface area contributed by atoms with Crippen LogP contribution in [0.3, 0.4) is 0 Å². The van der Waals surface area contributed by atoms with E-state index in [1.54, 1.807) is 14.1 Å². The first-order valence-corrected chi connectivity index (χ1v) is 10.9. The number of esters is 1. The molecule has 0 N–H and O–H groups in total. The van der Waals surface area contributed by atoms with Gasteiger partial charge in [-0.3, -0.25) is 19.3 Å². The smallest absolute Gasteiger partial charge is 0.327 e. The molecule has 0 radical (unpaired) electrons. The topological polar surface area (TPSA) is 90.5 Å². The van der Waals surface area contributed by atoms with Crippen molar-refractivity contribution in [1.82, 2.24) is 14.7 Å². The highest BCUT2D eigenvalue weighted by Gasteiger charge is 2.55. The number of hydrogen-bond donors (Lipinski definition) is 0. The third-order valence-electron chi connectivity index (χ3n) is 6.43. The van der Waals surface area contributed by atoms with Gasteiger partial charge in [-0.05, 0) is 30.5 Å². The predicted octanol–water partition coefficient (Wildman–Crippen LogP) is 1.85. The number of urea groups is 1. The maximum Gasteiger partial charge on any atom is 0.327 e. The van der Waals surface area contributed by atoms with E-state index >= 15 is 0 Å². The summed E-state index contributed by atoms with van der Waals surface area (Å²) in [6, 6.07) is 7.32. The molecule has 0 bridgehead atoms. The Balaban J connectivity index is 1.50. The van der Waals surface area contributed by atoms with Crippen molar-refractivity contribution in [3.8, 4) is 0 Å². The maximum absolute atomic E-state index is 12.9. The fourth-order valence-electron chi connectivity index (χ4n) is 4.36. The van der Waals surface area contributed by atoms with Crippen molar-refractivity contribution in [2.24, 2.45) is 0 Å². The van der Waals surface area contributed by atoms with Gasteiger partial charge in [-0.2, -0.15) is 0 Å². The molecule has 174 valence electrons. The van der Waals surface area contributed by atoms with Crippen molar-refractivity contribution in [3.63, 3.8) is 0 Å². The second kappa shape index (κ2) is 9.58. The first-order chi connectivity index (χ1) is 15.2. The normalized spacial score (nSPS) is 17.6. The Morgan fingerprint density at radius 1 is 1.03 bits per heavy atom. The van der Waals surface area contributed by atoms with Gasteiger partial charge >= 0.3 is 12.0 Å². The molecule has 2 aliphatic rings. The van der Waals surface area contributed by atoms with Gasteiger partial charge in [0.1, 0.15) is 12.1 Å². The van der Waals surface area contributed by atoms with Crippen LogP contribution < -0.4 is 4.90 Å². The third kappa shape index (κ3) is 4.71. The van der Waals surface area contributed by atoms with Crippen LogP contribution in [0, 0.1) is 0 Å². The SMILES string of the molecule is CN(Cc1ccc(N(C)C)cc1)C(=O)COC(=O)CN1C(=O)N(C)C2(CCCCC2)C1=O. The average molecular weight is 445 g/mol. The fourth-order valence-corrected chi connectivity index (χ4v) is 4.36. The Hall–Kier alpha value is -3.10. The Morgan fingerprint density at radius 3 is 2.25 bits per heavy atom. The molecule has 2 fully saturated rings. The molecule has 1 aromatic rings. The molecule has 1 saturated carbocycles. The van der Waals surface area contributed by atoms with Crippen molar-refractivity contribution in [2.45, 2.75) is 44.2 Å². The van der Waals surface area contributed by atoms with E-state index in [9.17, 15) is 19.2 Å². The van der Waals surface area contributed by atoms with Crippen molar-refractivity contribution < 1.29 is 23.9 Å². The molecular weight excluding hydrogens is 412 g/mol. The minimum atomic E-state index is -0.840. The zero-order chi connectivity index (χ0) is 23.5. The summed E-state index contributed by atoms with van der Waals surface area (Å²) in [5.74, 6) is -1.48. The van der Waals surface area contributed by atoms with Gasteiger partial charge in [-0.25, -0.2) is 4.79 Å². The lowest BCUT2D eigenvalue weighted by Gasteiger charge is -2.35. The zero-order valence-electron chi connectivity index (χ0n) is 19.3. The van der Waals surface area contributed by atoms with Gasteiger partial charge < -0.3 is 19.4 Å². The molecule has 1 spiro atoms. The number of carbonyl (C=O) groups is 4. The molecule has 4 amide bonds. The molecular formula is C23H32N4O5. The summed E-state index contributed by atoms with van der Waals surface area (Å²) in [5, 5.41) is 0. The number of rotatable bonds is 7. The van der Waals surface area contributed by atoms with Crippen LogP contribution in [0.15, 0.2) is 24.3 Å². The molecule has 9 heteroatoms. The molecule has 3 rings (SSSR count). The zero-order valence-corrected chi connectivity index (χ0v) is 19.3. The van der Waals surface area contributed by atoms with E-state index in [2.05, 4.69) is 0 Å². The largest absolute Gasteiger partial charge is 0.454 e. The number of likely N-dealkylation sites (N-methyl/N-ethyl adjacent to an activating group) is 2. The summed E-state index contributed by atoms with van der Waals surface area (Å²) < 4.78 is 5.08. The van der Waals surface area contributed by atoms with Crippen molar-refractivity contribution in [3.05, 3.63) is 29.8 Å². The number of carbonyl (C=O) groups excluding carboxylic acids is 4. The Bertz CT molecular complexity index is 877. The monoisotopic (exact) mass is 444 g/mol. The quantitative estimate of drug-likeness (QED) is 0.471. The number of anilines is 1. The van der Waals surface area contributed by atoms with E-state index in [-0.39, 0.29) is 11.8 Å². The molecule has 1 aliphatic carbocycles. The number of amides is 4. The highest BCUT2D eigenvalue weighted by molar-refractivity contribution is 6.08. The van der Waals surface area contributed by atoms with Crippen molar-refractivity contribution >= 4 is 29.5 Å². The van der Waals surface area contributed by atoms with Gasteiger partial charge in [0.15, 0.2) is 6.61 Å². The standard InChI is InChI=1S/C23H32N4O5/c1-24(2)18-10-8-17(9-11-18)14-25(3)19(28)16-32-20(29)15-27-21(30)23(26(4)22(27)31)12-6-5-7-13-23/h8-11H,5-7,12-16H2,1-4H3. The first kappa shape index (κ1) is 23.6. The fraction of sp³-hybridized carbons (Fsp3) is 0.565. The maximum atomic E-state index is 12.9. The van der Waals surface area contributed by atoms with Crippen LogP contribution in [-0.4, -0.2) is 85.4 Å². The number of benzene rings is 1. The minimum Gasteiger partial charge on any atom is -0.454 e. The van der Waals surface area contributed by atoms with Crippen LogP contribution in [0.4, 0.5) is 10.5 Å². The Morgan fingerprint density at radius 2 is 1.66 bits per heavy atom. The lowest BCUT2D eigenvalue weighted by molar-refractivity contribution is -0.153. The molecule has 1 heterocycles. The van der Waals surface area contributed by atoms with E-state index < -0.39 is 30.7 Å². The number of imide groups is 1. The van der Waals surface area contributed by atoms with Crippen LogP contribution in [0.2, 0.25) is 0 Å². The molecule has 1 saturated heterocycles. The van der Waals surface area contributed by atoms with Crippen LogP contribution in [0.5, 0.6) is 0 Å². The van der Waals surface area contributed by atoms with Crippen LogP contribution >= 0.6 is 0 Å².